The molecule has 0 aliphatic carbocycles. The first-order valence-electron chi connectivity index (χ1n) is 2.85. The Kier molecular flexibility index (Phi) is 2.46. The van der Waals surface area contributed by atoms with Crippen molar-refractivity contribution in [3.63, 3.8) is 0 Å². The number of Topliss-reactive ketones (excluding diaryl/α,β-unsaturated/α-hetero) is 1. The molecule has 0 saturated carbocycles. The molecule has 0 bridgehead atoms. The van der Waals surface area contributed by atoms with Crippen LogP contribution in [0.4, 0.5) is 0 Å². The third-order valence-corrected chi connectivity index (χ3v) is 1.60. The molecule has 1 heterocycles. The molecule has 0 saturated heterocycles. The van der Waals surface area contributed by atoms with Crippen molar-refractivity contribution < 1.29 is 4.79 Å². The molecule has 11 heavy (non-hydrogen) atoms. The number of carbonyl (C=O) groups is 1. The maximum Gasteiger partial charge on any atom is 0.226 e. The van der Waals surface area contributed by atoms with E-state index in [1.54, 1.807) is 0 Å². The fourth-order valence-corrected chi connectivity index (χ4v) is 1.02. The minimum absolute atomic E-state index is 0.0476. The van der Waals surface area contributed by atoms with Crippen molar-refractivity contribution in [3.05, 3.63) is 10.6 Å². The number of carbonyl (C=O) groups excluding carboxylic acids is 1. The summed E-state index contributed by atoms with van der Waals surface area (Å²) in [5, 5.41) is 7.19. The Labute approximate surface area is 73.1 Å². The van der Waals surface area contributed by atoms with Gasteiger partial charge < -0.3 is 0 Å². The molecule has 1 rings (SSSR count). The smallest absolute Gasteiger partial charge is 0.226 e. The number of halogens is 2. The first-order chi connectivity index (χ1) is 5.11. The Morgan fingerprint density at radius 3 is 2.27 bits per heavy atom. The summed E-state index contributed by atoms with van der Waals surface area (Å²) in [6.45, 7) is 1.55. The first kappa shape index (κ1) is 8.49. The number of rotatable bonds is 2. The van der Waals surface area contributed by atoms with Crippen LogP contribution in [0.25, 0.3) is 0 Å². The third kappa shape index (κ3) is 1.91. The molecule has 0 aromatic carbocycles. The van der Waals surface area contributed by atoms with Crippen LogP contribution in [-0.2, 0) is 11.3 Å². The van der Waals surface area contributed by atoms with E-state index in [-0.39, 0.29) is 22.9 Å². The minimum atomic E-state index is -0.0476. The second-order valence-corrected chi connectivity index (χ2v) is 2.70. The van der Waals surface area contributed by atoms with E-state index in [2.05, 4.69) is 10.2 Å². The molecule has 0 aliphatic heterocycles. The highest BCUT2D eigenvalue weighted by molar-refractivity contribution is 6.31. The predicted molar refractivity (Wildman–Crippen MR) is 40.7 cm³/mol. The van der Waals surface area contributed by atoms with E-state index in [9.17, 15) is 4.79 Å². The summed E-state index contributed by atoms with van der Waals surface area (Å²) >= 11 is 11.1. The normalized spacial score (nSPS) is 10.1. The second-order valence-electron chi connectivity index (χ2n) is 2.03. The number of hydrogen-bond donors (Lipinski definition) is 0. The van der Waals surface area contributed by atoms with E-state index in [0.717, 1.165) is 0 Å². The fourth-order valence-electron chi connectivity index (χ4n) is 0.620. The van der Waals surface area contributed by atoms with Gasteiger partial charge >= 0.3 is 0 Å². The Morgan fingerprint density at radius 1 is 1.45 bits per heavy atom. The highest BCUT2D eigenvalue weighted by Crippen LogP contribution is 2.11. The zero-order valence-corrected chi connectivity index (χ0v) is 7.22. The number of hydrogen-bond acceptors (Lipinski definition) is 3. The van der Waals surface area contributed by atoms with Gasteiger partial charge in [-0.15, -0.1) is 10.2 Å². The topological polar surface area (TPSA) is 47.8 Å². The van der Waals surface area contributed by atoms with Crippen LogP contribution in [0.3, 0.4) is 0 Å². The highest BCUT2D eigenvalue weighted by atomic mass is 35.5. The van der Waals surface area contributed by atoms with E-state index >= 15 is 0 Å². The summed E-state index contributed by atoms with van der Waals surface area (Å²) < 4.78 is 1.32. The molecule has 0 fully saturated rings. The van der Waals surface area contributed by atoms with E-state index < -0.39 is 0 Å². The molecule has 1 aromatic heterocycles. The third-order valence-electron chi connectivity index (χ3n) is 1.04. The first-order valence-corrected chi connectivity index (χ1v) is 3.60. The van der Waals surface area contributed by atoms with Crippen molar-refractivity contribution in [1.29, 1.82) is 0 Å². The van der Waals surface area contributed by atoms with Crippen molar-refractivity contribution in [2.45, 2.75) is 13.5 Å². The van der Waals surface area contributed by atoms with E-state index in [0.29, 0.717) is 0 Å². The molecule has 1 aromatic rings. The maximum atomic E-state index is 10.6. The largest absolute Gasteiger partial charge is 0.298 e. The summed E-state index contributed by atoms with van der Waals surface area (Å²) in [6, 6.07) is 0. The lowest BCUT2D eigenvalue weighted by Crippen LogP contribution is -2.06. The van der Waals surface area contributed by atoms with Gasteiger partial charge in [-0.1, -0.05) is 0 Å². The molecule has 6 heteroatoms. The van der Waals surface area contributed by atoms with Gasteiger partial charge in [0.05, 0.1) is 6.54 Å². The van der Waals surface area contributed by atoms with Crippen molar-refractivity contribution >= 4 is 29.0 Å². The number of aromatic nitrogens is 3. The summed E-state index contributed by atoms with van der Waals surface area (Å²) in [6.07, 6.45) is 0. The molecular formula is C5H5Cl2N3O. The summed E-state index contributed by atoms with van der Waals surface area (Å²) in [4.78, 5) is 10.6. The monoisotopic (exact) mass is 193 g/mol. The Morgan fingerprint density at radius 2 is 1.91 bits per heavy atom. The van der Waals surface area contributed by atoms with Gasteiger partial charge in [-0.25, -0.2) is 0 Å². The molecule has 60 valence electrons. The van der Waals surface area contributed by atoms with Gasteiger partial charge in [-0.05, 0) is 30.1 Å². The van der Waals surface area contributed by atoms with E-state index in [1.807, 2.05) is 0 Å². The molecule has 0 amide bonds. The summed E-state index contributed by atoms with van der Waals surface area (Å²) in [5.41, 5.74) is 0. The molecule has 0 spiro atoms. The Bertz CT molecular complexity index is 264. The Hall–Kier alpha value is -0.610. The van der Waals surface area contributed by atoms with Crippen LogP contribution in [0, 0.1) is 0 Å². The zero-order valence-electron chi connectivity index (χ0n) is 5.71. The second kappa shape index (κ2) is 3.19. The lowest BCUT2D eigenvalue weighted by molar-refractivity contribution is -0.117. The molecule has 0 N–H and O–H groups in total. The molecular weight excluding hydrogens is 189 g/mol. The Balaban J connectivity index is 2.92. The fraction of sp³-hybridized carbons (Fsp3) is 0.400. The van der Waals surface area contributed by atoms with E-state index in [4.69, 9.17) is 23.2 Å². The standard InChI is InChI=1S/C5H5Cl2N3O/c1-3(11)2-10-4(6)8-9-5(10)7/h2H2,1H3. The van der Waals surface area contributed by atoms with Gasteiger partial charge in [0.25, 0.3) is 0 Å². The van der Waals surface area contributed by atoms with Crippen LogP contribution in [0.15, 0.2) is 0 Å². The van der Waals surface area contributed by atoms with Crippen molar-refractivity contribution in [3.8, 4) is 0 Å². The molecule has 0 unspecified atom stereocenters. The van der Waals surface area contributed by atoms with Gasteiger partial charge in [0.1, 0.15) is 5.78 Å². The summed E-state index contributed by atoms with van der Waals surface area (Å²) in [7, 11) is 0. The minimum Gasteiger partial charge on any atom is -0.298 e. The average Bonchev–Trinajstić information content (AvgIpc) is 2.18. The van der Waals surface area contributed by atoms with Gasteiger partial charge in [-0.2, -0.15) is 0 Å². The zero-order chi connectivity index (χ0) is 8.43. The van der Waals surface area contributed by atoms with Crippen LogP contribution in [-0.4, -0.2) is 20.5 Å². The van der Waals surface area contributed by atoms with Gasteiger partial charge in [-0.3, -0.25) is 9.36 Å². The molecule has 0 radical (unpaired) electrons. The average molecular weight is 194 g/mol. The molecule has 4 nitrogen and oxygen atoms in total. The SMILES string of the molecule is CC(=O)Cn1c(Cl)nnc1Cl. The highest BCUT2D eigenvalue weighted by Gasteiger charge is 2.08. The quantitative estimate of drug-likeness (QED) is 0.709. The van der Waals surface area contributed by atoms with Crippen molar-refractivity contribution in [2.24, 2.45) is 0 Å². The van der Waals surface area contributed by atoms with Crippen LogP contribution in [0.5, 0.6) is 0 Å². The predicted octanol–water partition coefficient (Wildman–Crippen LogP) is 1.17. The van der Waals surface area contributed by atoms with Gasteiger partial charge in [0.15, 0.2) is 0 Å². The summed E-state index contributed by atoms with van der Waals surface area (Å²) in [5.74, 6) is -0.0476. The van der Waals surface area contributed by atoms with E-state index in [1.165, 1.54) is 11.5 Å². The van der Waals surface area contributed by atoms with Crippen LogP contribution in [0.1, 0.15) is 6.92 Å². The lowest BCUT2D eigenvalue weighted by Gasteiger charge is -1.97. The molecule has 0 atom stereocenters. The van der Waals surface area contributed by atoms with Gasteiger partial charge in [0, 0.05) is 0 Å². The van der Waals surface area contributed by atoms with Crippen LogP contribution in [0.2, 0.25) is 10.6 Å². The van der Waals surface area contributed by atoms with Crippen LogP contribution < -0.4 is 0 Å². The van der Waals surface area contributed by atoms with Crippen molar-refractivity contribution in [2.75, 3.05) is 0 Å². The van der Waals surface area contributed by atoms with Crippen molar-refractivity contribution in [1.82, 2.24) is 14.8 Å². The molecule has 0 aliphatic rings. The maximum absolute atomic E-state index is 10.6. The van der Waals surface area contributed by atoms with Crippen LogP contribution >= 0.6 is 23.2 Å². The van der Waals surface area contributed by atoms with Gasteiger partial charge in [0.2, 0.25) is 10.6 Å². The lowest BCUT2D eigenvalue weighted by atomic mass is 10.4. The number of nitrogens with zero attached hydrogens (tertiary/aromatic N) is 3. The number of ketones is 1.